The molecule has 6 rings (SSSR count). The van der Waals surface area contributed by atoms with Gasteiger partial charge >= 0.3 is 6.72 Å². The van der Waals surface area contributed by atoms with Crippen molar-refractivity contribution in [1.82, 2.24) is 40.5 Å². The molecule has 6 heterocycles. The van der Waals surface area contributed by atoms with Crippen molar-refractivity contribution in [3.63, 3.8) is 0 Å². The van der Waals surface area contributed by atoms with Gasteiger partial charge in [0.25, 0.3) is 0 Å². The number of rotatable bonds is 1. The molecule has 41 heavy (non-hydrogen) atoms. The molecule has 6 atom stereocenters. The number of hydrogen-bond donors (Lipinski definition) is 4. The molecule has 3 aromatic rings. The first-order valence-electron chi connectivity index (χ1n) is 11.4. The fourth-order valence-electron chi connectivity index (χ4n) is 4.36. The van der Waals surface area contributed by atoms with Crippen LogP contribution in [0.3, 0.4) is 0 Å². The number of aliphatic imine (C=N–C) groups is 1. The third-order valence-corrected chi connectivity index (χ3v) is 8.35. The van der Waals surface area contributed by atoms with Crippen LogP contribution in [0, 0.1) is 0 Å². The predicted molar refractivity (Wildman–Crippen MR) is 151 cm³/mol. The number of alkyl halides is 1. The minimum absolute atomic E-state index is 0. The van der Waals surface area contributed by atoms with E-state index in [1.165, 1.54) is 23.4 Å². The maximum absolute atomic E-state index is 15.9. The number of ether oxygens (including phenoxy) is 1. The van der Waals surface area contributed by atoms with Crippen LogP contribution in [0.2, 0.25) is 0 Å². The summed E-state index contributed by atoms with van der Waals surface area (Å²) < 4.78 is 60.6. The van der Waals surface area contributed by atoms with E-state index < -0.39 is 53.0 Å². The summed E-state index contributed by atoms with van der Waals surface area (Å²) >= 11 is 5.26. The second-order valence-corrected chi connectivity index (χ2v) is 12.3. The molecule has 0 radical (unpaired) electrons. The highest BCUT2D eigenvalue weighted by Gasteiger charge is 2.50. The Morgan fingerprint density at radius 1 is 1.32 bits per heavy atom. The highest BCUT2D eigenvalue weighted by Crippen LogP contribution is 2.52. The molecule has 2 unspecified atom stereocenters. The Morgan fingerprint density at radius 3 is 2.93 bits per heavy atom. The quantitative estimate of drug-likeness (QED) is 0.211. The first kappa shape index (κ1) is 29.8. The van der Waals surface area contributed by atoms with Crippen LogP contribution in [0.1, 0.15) is 17.7 Å². The zero-order valence-corrected chi connectivity index (χ0v) is 23.5. The van der Waals surface area contributed by atoms with Crippen LogP contribution in [0.15, 0.2) is 30.4 Å². The number of hydrogen-bond acceptors (Lipinski definition) is 14. The summed E-state index contributed by atoms with van der Waals surface area (Å²) in [6.07, 6.45) is -1.61. The van der Waals surface area contributed by atoms with E-state index in [0.717, 1.165) is 0 Å². The summed E-state index contributed by atoms with van der Waals surface area (Å²) in [5, 5.41) is 2.77. The largest absolute Gasteiger partial charge is 0.369 e. The maximum atomic E-state index is 15.9. The molecule has 0 saturated carbocycles. The van der Waals surface area contributed by atoms with E-state index in [1.807, 2.05) is 0 Å². The fourth-order valence-corrected chi connectivity index (χ4v) is 6.25. The van der Waals surface area contributed by atoms with Gasteiger partial charge in [0.2, 0.25) is 0 Å². The van der Waals surface area contributed by atoms with Crippen molar-refractivity contribution in [3.05, 3.63) is 36.9 Å². The average molecular weight is 632 g/mol. The lowest BCUT2D eigenvalue weighted by Crippen LogP contribution is -2.33. The number of nitrogens with two attached hydrogens (primary N) is 1. The Kier molecular flexibility index (Phi) is 8.17. The number of nitrogens with zero attached hydrogens (tertiary/aromatic N) is 7. The second-order valence-electron chi connectivity index (χ2n) is 8.51. The van der Waals surface area contributed by atoms with E-state index in [9.17, 15) is 9.46 Å². The van der Waals surface area contributed by atoms with E-state index >= 15 is 4.39 Å². The monoisotopic (exact) mass is 632 g/mol. The number of halogens is 1. The predicted octanol–water partition coefficient (Wildman–Crippen LogP) is 0.494. The van der Waals surface area contributed by atoms with Gasteiger partial charge in [0, 0.05) is 6.54 Å². The molecule has 0 aliphatic carbocycles. The Balaban J connectivity index is 0.00000337. The van der Waals surface area contributed by atoms with E-state index in [2.05, 4.69) is 36.8 Å². The lowest BCUT2D eigenvalue weighted by molar-refractivity contribution is -0.0466. The third-order valence-electron chi connectivity index (χ3n) is 6.05. The molecule has 0 aromatic carbocycles. The topological polar surface area (TPSA) is 232 Å². The van der Waals surface area contributed by atoms with Crippen molar-refractivity contribution in [2.45, 2.75) is 37.8 Å². The van der Waals surface area contributed by atoms with Gasteiger partial charge in [-0.25, -0.2) is 24.3 Å². The van der Waals surface area contributed by atoms with Gasteiger partial charge in [-0.05, 0) is 11.8 Å². The van der Waals surface area contributed by atoms with Crippen molar-refractivity contribution in [2.24, 2.45) is 10.7 Å². The summed E-state index contributed by atoms with van der Waals surface area (Å²) in [6, 6.07) is 0. The fraction of sp³-hybridized carbons (Fsp3) is 0.421. The minimum Gasteiger partial charge on any atom is -0.369 e. The summed E-state index contributed by atoms with van der Waals surface area (Å²) in [6.45, 7) is -0.710. The zero-order chi connectivity index (χ0) is 28.2. The van der Waals surface area contributed by atoms with Gasteiger partial charge in [0.05, 0.1) is 39.0 Å². The molecule has 3 aromatic heterocycles. The van der Waals surface area contributed by atoms with Crippen LogP contribution in [-0.2, 0) is 52.4 Å². The molecule has 17 nitrogen and oxygen atoms in total. The number of fused-ring (bicyclic) bond motifs is 6. The first-order chi connectivity index (χ1) is 19.0. The van der Waals surface area contributed by atoms with E-state index in [1.54, 1.807) is 4.57 Å². The van der Waals surface area contributed by atoms with Crippen molar-refractivity contribution in [3.8, 4) is 0 Å². The van der Waals surface area contributed by atoms with Crippen LogP contribution < -0.4 is 17.2 Å². The summed E-state index contributed by atoms with van der Waals surface area (Å²) in [4.78, 5) is 32.2. The Bertz CT molecular complexity index is 1620. The highest BCUT2D eigenvalue weighted by molar-refractivity contribution is 8.07. The van der Waals surface area contributed by atoms with Crippen LogP contribution in [0.4, 0.5) is 10.2 Å². The normalized spacial score (nSPS) is 32.6. The van der Waals surface area contributed by atoms with E-state index in [-0.39, 0.29) is 37.7 Å². The molecular weight excluding hydrogens is 604 g/mol. The molecule has 0 amide bonds. The molecule has 3 aliphatic rings. The Labute approximate surface area is 238 Å². The summed E-state index contributed by atoms with van der Waals surface area (Å²) in [5.74, 6) is 0.600. The molecule has 1 saturated heterocycles. The standard InChI is InChI=1S/C19H24BFN9O7P2S.H3N/c1-9-14-17(28-19(22)26-9)30(8-25-14)18-15-13(21)11(36-18)5-34-38(20,31)33-3-2-29-12(6-35-39(32,40)37-15)27-10-4-23-7-24-16(10)29;/h4,7-8,11,13,15,18H,1-3,5-6H2,20H3,(H,32,40)(H3,22,26,28);1H3/q-1;/p+1/t11-,13-,15-,18-,38?,39?;/m1./s1. The molecular formula is C19H28BFN10O7P2S. The van der Waals surface area contributed by atoms with Gasteiger partial charge in [-0.15, -0.1) is 0 Å². The highest BCUT2D eigenvalue weighted by atomic mass is 32.5. The van der Waals surface area contributed by atoms with Gasteiger partial charge in [-0.2, -0.15) is 4.99 Å². The minimum atomic E-state index is -4.09. The molecule has 0 spiro atoms. The zero-order valence-electron chi connectivity index (χ0n) is 20.9. The average Bonchev–Trinajstić information content (AvgIpc) is 3.55. The van der Waals surface area contributed by atoms with E-state index in [0.29, 0.717) is 28.4 Å². The van der Waals surface area contributed by atoms with Gasteiger partial charge in [-0.1, -0.05) is 6.58 Å². The molecule has 1 fully saturated rings. The summed E-state index contributed by atoms with van der Waals surface area (Å²) in [5.41, 5.74) is 7.53. The van der Waals surface area contributed by atoms with Gasteiger partial charge in [0.1, 0.15) is 49.7 Å². The number of nitrogens with one attached hydrogen (secondary N) is 1. The molecule has 8 N–H and O–H groups in total. The van der Waals surface area contributed by atoms with E-state index in [4.69, 9.17) is 40.4 Å². The Hall–Kier alpha value is -2.64. The van der Waals surface area contributed by atoms with Gasteiger partial charge in [0.15, 0.2) is 29.8 Å². The molecule has 3 aliphatic heterocycles. The number of quaternary nitrogens is 1. The van der Waals surface area contributed by atoms with Crippen LogP contribution in [0.25, 0.3) is 16.9 Å². The van der Waals surface area contributed by atoms with Crippen molar-refractivity contribution in [2.75, 3.05) is 13.2 Å². The third kappa shape index (κ3) is 5.85. The molecule has 22 heteroatoms. The number of imidazole rings is 2. The lowest BCUT2D eigenvalue weighted by atomic mass is 10.1. The first-order valence-corrected chi connectivity index (χ1v) is 15.1. The number of guanidine groups is 1. The second kappa shape index (κ2) is 11.2. The maximum Gasteiger partial charge on any atom is 0.325 e. The van der Waals surface area contributed by atoms with Gasteiger partial charge in [-0.3, -0.25) is 9.09 Å². The SMILES string of the molecule is [BH3-]P1(=O)OCCn2c(nc3cncnc32)COP(O)(=S)O[C@@H]2[C@H](F)[C@@H](CO1)O[C@H]2n1cnc2c1N=C(N)NC2=C.[NH4+]. The number of aromatic nitrogens is 6. The Morgan fingerprint density at radius 2 is 2.12 bits per heavy atom. The lowest BCUT2D eigenvalue weighted by Gasteiger charge is -2.26. The van der Waals surface area contributed by atoms with Crippen LogP contribution >= 0.6 is 14.2 Å². The summed E-state index contributed by atoms with van der Waals surface area (Å²) in [7, 11) is -4.37. The molecule has 2 bridgehead atoms. The van der Waals surface area contributed by atoms with Crippen LogP contribution in [0.5, 0.6) is 0 Å². The smallest absolute Gasteiger partial charge is 0.325 e. The molecule has 222 valence electrons. The van der Waals surface area contributed by atoms with Crippen molar-refractivity contribution in [1.29, 1.82) is 0 Å². The van der Waals surface area contributed by atoms with Gasteiger partial charge < -0.3 is 49.5 Å². The van der Waals surface area contributed by atoms with Crippen molar-refractivity contribution < 1.29 is 36.7 Å². The van der Waals surface area contributed by atoms with Crippen molar-refractivity contribution >= 4 is 62.2 Å². The van der Waals surface area contributed by atoms with Crippen LogP contribution in [-0.4, -0.2) is 79.1 Å².